The van der Waals surface area contributed by atoms with Gasteiger partial charge in [0, 0.05) is 13.2 Å². The summed E-state index contributed by atoms with van der Waals surface area (Å²) in [6.45, 7) is 4.50. The van der Waals surface area contributed by atoms with Gasteiger partial charge < -0.3 is 24.4 Å². The number of carbonyl (C=O) groups is 3. The van der Waals surface area contributed by atoms with Gasteiger partial charge in [-0.25, -0.2) is 0 Å². The minimum Gasteiger partial charge on any atom is -0.469 e. The highest BCUT2D eigenvalue weighted by Crippen LogP contribution is 2.28. The second-order valence-corrected chi connectivity index (χ2v) is 7.86. The lowest BCUT2D eigenvalue weighted by Gasteiger charge is -2.24. The number of methoxy groups -OCH3 is 1. The molecule has 31 heavy (non-hydrogen) atoms. The molecule has 0 aromatic carbocycles. The SMILES string of the molecule is CCCCOC(=O)C(CCCO)CC(CC(CCCO)C(=O)OCCCC)C(=O)OC. The average molecular weight is 447 g/mol. The molecule has 0 amide bonds. The van der Waals surface area contributed by atoms with E-state index in [0.717, 1.165) is 25.7 Å². The molecule has 0 saturated heterocycles. The minimum absolute atomic E-state index is 0.0650. The first-order valence-corrected chi connectivity index (χ1v) is 11.6. The highest BCUT2D eigenvalue weighted by molar-refractivity contribution is 5.77. The summed E-state index contributed by atoms with van der Waals surface area (Å²) in [4.78, 5) is 37.6. The molecule has 2 N–H and O–H groups in total. The Balaban J connectivity index is 5.32. The lowest BCUT2D eigenvalue weighted by Crippen LogP contribution is -2.30. The van der Waals surface area contributed by atoms with Crippen LogP contribution in [0.2, 0.25) is 0 Å². The predicted octanol–water partition coefficient (Wildman–Crippen LogP) is 3.02. The second-order valence-electron chi connectivity index (χ2n) is 7.86. The molecule has 0 aliphatic carbocycles. The number of hydrogen-bond acceptors (Lipinski definition) is 8. The molecule has 0 aliphatic heterocycles. The normalized spacial score (nSPS) is 13.8. The van der Waals surface area contributed by atoms with Crippen LogP contribution in [0, 0.1) is 17.8 Å². The van der Waals surface area contributed by atoms with E-state index < -0.39 is 35.7 Å². The molecule has 0 fully saturated rings. The molecular weight excluding hydrogens is 404 g/mol. The summed E-state index contributed by atoms with van der Waals surface area (Å²) >= 11 is 0. The van der Waals surface area contributed by atoms with Crippen molar-refractivity contribution in [3.8, 4) is 0 Å². The maximum Gasteiger partial charge on any atom is 0.308 e. The molecule has 182 valence electrons. The number of ether oxygens (including phenoxy) is 3. The summed E-state index contributed by atoms with van der Waals surface area (Å²) in [6.07, 6.45) is 5.25. The van der Waals surface area contributed by atoms with Crippen molar-refractivity contribution in [2.24, 2.45) is 17.8 Å². The minimum atomic E-state index is -0.685. The third-order valence-corrected chi connectivity index (χ3v) is 5.25. The van der Waals surface area contributed by atoms with Gasteiger partial charge in [0.15, 0.2) is 0 Å². The lowest BCUT2D eigenvalue weighted by molar-refractivity contribution is -0.154. The first-order chi connectivity index (χ1) is 14.9. The van der Waals surface area contributed by atoms with Crippen LogP contribution in [0.3, 0.4) is 0 Å². The molecule has 2 atom stereocenters. The summed E-state index contributed by atoms with van der Waals surface area (Å²) in [5, 5.41) is 18.4. The number of aliphatic hydroxyl groups excluding tert-OH is 2. The number of rotatable bonds is 19. The van der Waals surface area contributed by atoms with Gasteiger partial charge in [-0.3, -0.25) is 14.4 Å². The summed E-state index contributed by atoms with van der Waals surface area (Å²) < 4.78 is 15.6. The van der Waals surface area contributed by atoms with Crippen LogP contribution in [-0.4, -0.2) is 61.7 Å². The van der Waals surface area contributed by atoms with Gasteiger partial charge in [0.25, 0.3) is 0 Å². The van der Waals surface area contributed by atoms with Crippen LogP contribution in [0.15, 0.2) is 0 Å². The molecule has 0 saturated carbocycles. The van der Waals surface area contributed by atoms with Crippen molar-refractivity contribution in [3.05, 3.63) is 0 Å². The van der Waals surface area contributed by atoms with Crippen molar-refractivity contribution < 1.29 is 38.8 Å². The Morgan fingerprint density at radius 2 is 1.10 bits per heavy atom. The van der Waals surface area contributed by atoms with E-state index in [0.29, 0.717) is 38.9 Å². The molecule has 0 rings (SSSR count). The number of unbranched alkanes of at least 4 members (excludes halogenated alkanes) is 2. The first-order valence-electron chi connectivity index (χ1n) is 11.6. The molecular formula is C23H42O8. The Hall–Kier alpha value is -1.67. The number of aliphatic hydroxyl groups is 2. The van der Waals surface area contributed by atoms with Crippen LogP contribution in [0.25, 0.3) is 0 Å². The van der Waals surface area contributed by atoms with Crippen molar-refractivity contribution in [2.45, 2.75) is 78.1 Å². The molecule has 8 nitrogen and oxygen atoms in total. The number of carbonyl (C=O) groups excluding carboxylic acids is 3. The Morgan fingerprint density at radius 3 is 1.42 bits per heavy atom. The van der Waals surface area contributed by atoms with Crippen molar-refractivity contribution in [1.82, 2.24) is 0 Å². The summed E-state index contributed by atoms with van der Waals surface area (Å²) in [5.74, 6) is -3.10. The maximum atomic E-state index is 12.6. The summed E-state index contributed by atoms with van der Waals surface area (Å²) in [5.41, 5.74) is 0. The molecule has 0 bridgehead atoms. The van der Waals surface area contributed by atoms with Gasteiger partial charge in [-0.2, -0.15) is 0 Å². The molecule has 0 aromatic heterocycles. The fourth-order valence-electron chi connectivity index (χ4n) is 3.35. The van der Waals surface area contributed by atoms with Gasteiger partial charge in [-0.05, 0) is 51.4 Å². The summed E-state index contributed by atoms with van der Waals surface area (Å²) in [7, 11) is 1.28. The maximum absolute atomic E-state index is 12.6. The van der Waals surface area contributed by atoms with Gasteiger partial charge in [0.2, 0.25) is 0 Å². The average Bonchev–Trinajstić information content (AvgIpc) is 2.77. The predicted molar refractivity (Wildman–Crippen MR) is 116 cm³/mol. The highest BCUT2D eigenvalue weighted by atomic mass is 16.5. The fourth-order valence-corrected chi connectivity index (χ4v) is 3.35. The van der Waals surface area contributed by atoms with E-state index >= 15 is 0 Å². The molecule has 0 aliphatic rings. The van der Waals surface area contributed by atoms with E-state index in [4.69, 9.17) is 14.2 Å². The lowest BCUT2D eigenvalue weighted by atomic mass is 9.83. The number of hydrogen-bond donors (Lipinski definition) is 2. The van der Waals surface area contributed by atoms with Crippen LogP contribution in [0.1, 0.15) is 78.1 Å². The van der Waals surface area contributed by atoms with E-state index in [-0.39, 0.29) is 26.1 Å². The van der Waals surface area contributed by atoms with Gasteiger partial charge in [0.05, 0.1) is 38.1 Å². The van der Waals surface area contributed by atoms with Crippen LogP contribution in [0.4, 0.5) is 0 Å². The van der Waals surface area contributed by atoms with Crippen molar-refractivity contribution in [3.63, 3.8) is 0 Å². The Morgan fingerprint density at radius 1 is 0.677 bits per heavy atom. The quantitative estimate of drug-likeness (QED) is 0.177. The zero-order chi connectivity index (χ0) is 23.5. The monoisotopic (exact) mass is 446 g/mol. The molecule has 0 spiro atoms. The standard InChI is InChI=1S/C23H42O8/c1-4-6-14-30-22(27)18(10-8-12-24)16-20(21(26)29-3)17-19(11-9-13-25)23(28)31-15-7-5-2/h18-20,24-25H,4-17H2,1-3H3. The third kappa shape index (κ3) is 13.4. The van der Waals surface area contributed by atoms with E-state index in [1.165, 1.54) is 7.11 Å². The third-order valence-electron chi connectivity index (χ3n) is 5.25. The second kappa shape index (κ2) is 19.0. The smallest absolute Gasteiger partial charge is 0.308 e. The van der Waals surface area contributed by atoms with Gasteiger partial charge in [0.1, 0.15) is 0 Å². The molecule has 0 heterocycles. The van der Waals surface area contributed by atoms with Crippen LogP contribution in [-0.2, 0) is 28.6 Å². The van der Waals surface area contributed by atoms with E-state index in [2.05, 4.69) is 0 Å². The zero-order valence-electron chi connectivity index (χ0n) is 19.5. The largest absolute Gasteiger partial charge is 0.469 e. The van der Waals surface area contributed by atoms with E-state index in [1.807, 2.05) is 13.8 Å². The molecule has 2 unspecified atom stereocenters. The zero-order valence-corrected chi connectivity index (χ0v) is 19.5. The van der Waals surface area contributed by atoms with E-state index in [1.54, 1.807) is 0 Å². The topological polar surface area (TPSA) is 119 Å². The molecule has 8 heteroatoms. The van der Waals surface area contributed by atoms with Gasteiger partial charge >= 0.3 is 17.9 Å². The fraction of sp³-hybridized carbons (Fsp3) is 0.870. The first kappa shape index (κ1) is 29.3. The van der Waals surface area contributed by atoms with Crippen LogP contribution in [0.5, 0.6) is 0 Å². The molecule has 0 aromatic rings. The van der Waals surface area contributed by atoms with Gasteiger partial charge in [-0.1, -0.05) is 26.7 Å². The van der Waals surface area contributed by atoms with Crippen molar-refractivity contribution in [1.29, 1.82) is 0 Å². The molecule has 0 radical (unpaired) electrons. The highest BCUT2D eigenvalue weighted by Gasteiger charge is 2.33. The Labute approximate surface area is 186 Å². The summed E-state index contributed by atoms with van der Waals surface area (Å²) in [6, 6.07) is 0. The van der Waals surface area contributed by atoms with E-state index in [9.17, 15) is 24.6 Å². The van der Waals surface area contributed by atoms with Crippen molar-refractivity contribution in [2.75, 3.05) is 33.5 Å². The number of esters is 3. The van der Waals surface area contributed by atoms with Gasteiger partial charge in [-0.15, -0.1) is 0 Å². The Kier molecular flexibility index (Phi) is 18.0. The Bertz CT molecular complexity index is 458. The van der Waals surface area contributed by atoms with Crippen LogP contribution >= 0.6 is 0 Å². The van der Waals surface area contributed by atoms with Crippen molar-refractivity contribution >= 4 is 17.9 Å². The van der Waals surface area contributed by atoms with Crippen LogP contribution < -0.4 is 0 Å².